The summed E-state index contributed by atoms with van der Waals surface area (Å²) in [6.45, 7) is 9.86. The third-order valence-corrected chi connectivity index (χ3v) is 3.83. The number of hydrogen-bond donors (Lipinski definition) is 1. The summed E-state index contributed by atoms with van der Waals surface area (Å²) < 4.78 is 4.09. The number of anilines is 1. The largest absolute Gasteiger partial charge is 0.374 e. The van der Waals surface area contributed by atoms with Crippen LogP contribution in [0.1, 0.15) is 45.7 Å². The summed E-state index contributed by atoms with van der Waals surface area (Å²) in [4.78, 5) is 2.57. The van der Waals surface area contributed by atoms with Crippen molar-refractivity contribution >= 4 is 16.5 Å². The Morgan fingerprint density at radius 1 is 1.44 bits per heavy atom. The molecule has 1 N–H and O–H groups in total. The molecule has 2 rings (SSSR count). The summed E-state index contributed by atoms with van der Waals surface area (Å²) in [5, 5.41) is 8.88. The normalized spacial score (nSPS) is 15.6. The highest BCUT2D eigenvalue weighted by molar-refractivity contribution is 7.10. The zero-order chi connectivity index (χ0) is 13.0. The number of rotatable bonds is 8. The highest BCUT2D eigenvalue weighted by Crippen LogP contribution is 2.30. The predicted octanol–water partition coefficient (Wildman–Crippen LogP) is 2.98. The van der Waals surface area contributed by atoms with E-state index in [1.54, 1.807) is 0 Å². The van der Waals surface area contributed by atoms with Gasteiger partial charge in [-0.2, -0.15) is 0 Å². The molecule has 1 aromatic rings. The minimum absolute atomic E-state index is 0.712. The Labute approximate surface area is 114 Å². The van der Waals surface area contributed by atoms with E-state index in [1.807, 2.05) is 0 Å². The fourth-order valence-electron chi connectivity index (χ4n) is 2.13. The van der Waals surface area contributed by atoms with Crippen LogP contribution in [0.2, 0.25) is 0 Å². The molecule has 0 spiro atoms. The molecule has 0 atom stereocenters. The summed E-state index contributed by atoms with van der Waals surface area (Å²) in [6.07, 6.45) is 3.83. The molecule has 1 aromatic heterocycles. The molecule has 4 nitrogen and oxygen atoms in total. The molecule has 102 valence electrons. The highest BCUT2D eigenvalue weighted by Gasteiger charge is 2.30. The SMILES string of the molecule is CCCNc1snnc1CN(CC(C)C)C1CC1. The Balaban J connectivity index is 1.95. The molecule has 1 fully saturated rings. The predicted molar refractivity (Wildman–Crippen MR) is 77.0 cm³/mol. The van der Waals surface area contributed by atoms with Gasteiger partial charge in [0, 0.05) is 37.2 Å². The van der Waals surface area contributed by atoms with Crippen molar-refractivity contribution in [3.63, 3.8) is 0 Å². The van der Waals surface area contributed by atoms with Gasteiger partial charge >= 0.3 is 0 Å². The van der Waals surface area contributed by atoms with E-state index < -0.39 is 0 Å². The van der Waals surface area contributed by atoms with Crippen molar-refractivity contribution in [2.24, 2.45) is 5.92 Å². The van der Waals surface area contributed by atoms with Gasteiger partial charge in [-0.3, -0.25) is 4.90 Å². The first-order valence-corrected chi connectivity index (χ1v) is 7.77. The van der Waals surface area contributed by atoms with Crippen LogP contribution >= 0.6 is 11.5 Å². The fourth-order valence-corrected chi connectivity index (χ4v) is 2.73. The maximum Gasteiger partial charge on any atom is 0.134 e. The number of aromatic nitrogens is 2. The molecular weight excluding hydrogens is 244 g/mol. The van der Waals surface area contributed by atoms with Crippen LogP contribution in [-0.4, -0.2) is 33.6 Å². The second kappa shape index (κ2) is 6.48. The average Bonchev–Trinajstić information content (AvgIpc) is 3.08. The third kappa shape index (κ3) is 3.92. The van der Waals surface area contributed by atoms with Crippen molar-refractivity contribution in [1.82, 2.24) is 14.5 Å². The summed E-state index contributed by atoms with van der Waals surface area (Å²) >= 11 is 1.48. The van der Waals surface area contributed by atoms with Crippen LogP contribution < -0.4 is 5.32 Å². The minimum Gasteiger partial charge on any atom is -0.374 e. The molecule has 0 saturated heterocycles. The van der Waals surface area contributed by atoms with E-state index in [0.717, 1.165) is 42.8 Å². The molecule has 0 aromatic carbocycles. The first-order valence-electron chi connectivity index (χ1n) is 6.99. The van der Waals surface area contributed by atoms with Crippen LogP contribution in [0, 0.1) is 5.92 Å². The molecule has 1 aliphatic carbocycles. The van der Waals surface area contributed by atoms with Crippen molar-refractivity contribution in [3.8, 4) is 0 Å². The van der Waals surface area contributed by atoms with Crippen molar-refractivity contribution in [2.75, 3.05) is 18.4 Å². The molecular formula is C13H24N4S. The lowest BCUT2D eigenvalue weighted by Crippen LogP contribution is -2.30. The van der Waals surface area contributed by atoms with E-state index in [0.29, 0.717) is 5.92 Å². The van der Waals surface area contributed by atoms with Gasteiger partial charge in [-0.1, -0.05) is 25.3 Å². The van der Waals surface area contributed by atoms with Gasteiger partial charge in [0.2, 0.25) is 0 Å². The van der Waals surface area contributed by atoms with Crippen molar-refractivity contribution in [2.45, 2.75) is 52.6 Å². The van der Waals surface area contributed by atoms with Crippen molar-refractivity contribution in [1.29, 1.82) is 0 Å². The molecule has 5 heteroatoms. The molecule has 1 saturated carbocycles. The van der Waals surface area contributed by atoms with Gasteiger partial charge in [-0.05, 0) is 25.2 Å². The summed E-state index contributed by atoms with van der Waals surface area (Å²) in [7, 11) is 0. The molecule has 1 heterocycles. The van der Waals surface area contributed by atoms with Crippen molar-refractivity contribution in [3.05, 3.63) is 5.69 Å². The fraction of sp³-hybridized carbons (Fsp3) is 0.846. The van der Waals surface area contributed by atoms with Gasteiger partial charge in [0.15, 0.2) is 0 Å². The zero-order valence-corrected chi connectivity index (χ0v) is 12.5. The monoisotopic (exact) mass is 268 g/mol. The zero-order valence-electron chi connectivity index (χ0n) is 11.6. The number of hydrogen-bond acceptors (Lipinski definition) is 5. The van der Waals surface area contributed by atoms with Gasteiger partial charge in [0.05, 0.1) is 0 Å². The van der Waals surface area contributed by atoms with Crippen LogP contribution in [0.25, 0.3) is 0 Å². The Morgan fingerprint density at radius 3 is 2.83 bits per heavy atom. The van der Waals surface area contributed by atoms with Crippen LogP contribution in [0.4, 0.5) is 5.00 Å². The van der Waals surface area contributed by atoms with Gasteiger partial charge in [-0.25, -0.2) is 0 Å². The maximum absolute atomic E-state index is 4.29. The Bertz CT molecular complexity index is 360. The van der Waals surface area contributed by atoms with E-state index in [1.165, 1.54) is 24.4 Å². The summed E-state index contributed by atoms with van der Waals surface area (Å²) in [5.41, 5.74) is 1.13. The quantitative estimate of drug-likeness (QED) is 0.787. The second-order valence-corrected chi connectivity index (χ2v) is 6.28. The van der Waals surface area contributed by atoms with Gasteiger partial charge in [0.25, 0.3) is 0 Å². The molecule has 18 heavy (non-hydrogen) atoms. The average molecular weight is 268 g/mol. The van der Waals surface area contributed by atoms with Crippen LogP contribution in [0.3, 0.4) is 0 Å². The first kappa shape index (κ1) is 13.7. The van der Waals surface area contributed by atoms with Gasteiger partial charge in [0.1, 0.15) is 10.7 Å². The first-order chi connectivity index (χ1) is 8.70. The minimum atomic E-state index is 0.712. The van der Waals surface area contributed by atoms with E-state index in [2.05, 4.69) is 40.6 Å². The molecule has 0 radical (unpaired) electrons. The van der Waals surface area contributed by atoms with E-state index >= 15 is 0 Å². The van der Waals surface area contributed by atoms with Gasteiger partial charge < -0.3 is 5.32 Å². The van der Waals surface area contributed by atoms with E-state index in [-0.39, 0.29) is 0 Å². The topological polar surface area (TPSA) is 41.1 Å². The lowest BCUT2D eigenvalue weighted by Gasteiger charge is -2.23. The third-order valence-electron chi connectivity index (χ3n) is 3.11. The summed E-state index contributed by atoms with van der Waals surface area (Å²) in [5.74, 6) is 0.712. The molecule has 0 aliphatic heterocycles. The number of nitrogens with zero attached hydrogens (tertiary/aromatic N) is 3. The van der Waals surface area contributed by atoms with Crippen LogP contribution in [-0.2, 0) is 6.54 Å². The lowest BCUT2D eigenvalue weighted by molar-refractivity contribution is 0.224. The number of nitrogens with one attached hydrogen (secondary N) is 1. The van der Waals surface area contributed by atoms with E-state index in [9.17, 15) is 0 Å². The van der Waals surface area contributed by atoms with Crippen LogP contribution in [0.15, 0.2) is 0 Å². The standard InChI is InChI=1S/C13H24N4S/c1-4-7-14-13-12(15-16-18-13)9-17(8-10(2)3)11-5-6-11/h10-11,14H,4-9H2,1-3H3. The Kier molecular flexibility index (Phi) is 4.95. The highest BCUT2D eigenvalue weighted by atomic mass is 32.1. The van der Waals surface area contributed by atoms with Crippen molar-refractivity contribution < 1.29 is 0 Å². The van der Waals surface area contributed by atoms with Crippen LogP contribution in [0.5, 0.6) is 0 Å². The van der Waals surface area contributed by atoms with E-state index in [4.69, 9.17) is 0 Å². The molecule has 0 bridgehead atoms. The summed E-state index contributed by atoms with van der Waals surface area (Å²) in [6, 6.07) is 0.785. The second-order valence-electron chi connectivity index (χ2n) is 5.53. The smallest absolute Gasteiger partial charge is 0.134 e. The Morgan fingerprint density at radius 2 is 2.22 bits per heavy atom. The lowest BCUT2D eigenvalue weighted by atomic mass is 10.2. The van der Waals surface area contributed by atoms with Gasteiger partial charge in [-0.15, -0.1) is 5.10 Å². The molecule has 1 aliphatic rings. The molecule has 0 amide bonds. The maximum atomic E-state index is 4.29. The molecule has 0 unspecified atom stereocenters. The Hall–Kier alpha value is -0.680.